The Kier molecular flexibility index (Phi) is 3.19. The van der Waals surface area contributed by atoms with E-state index in [-0.39, 0.29) is 5.78 Å². The van der Waals surface area contributed by atoms with E-state index in [4.69, 9.17) is 0 Å². The van der Waals surface area contributed by atoms with Crippen molar-refractivity contribution in [2.75, 3.05) is 0 Å². The summed E-state index contributed by atoms with van der Waals surface area (Å²) >= 11 is 0. The lowest BCUT2D eigenvalue weighted by molar-refractivity contribution is -0.672. The first-order chi connectivity index (χ1) is 11.2. The van der Waals surface area contributed by atoms with Crippen molar-refractivity contribution in [3.05, 3.63) is 66.9 Å². The lowest BCUT2D eigenvalue weighted by atomic mass is 10.1. The molecule has 2 aromatic carbocycles. The Morgan fingerprint density at radius 2 is 1.70 bits per heavy atom. The maximum atomic E-state index is 11.7. The average molecular weight is 301 g/mol. The molecule has 4 rings (SSSR count). The quantitative estimate of drug-likeness (QED) is 0.573. The van der Waals surface area contributed by atoms with Crippen molar-refractivity contribution in [3.8, 4) is 11.3 Å². The number of fused-ring (bicyclic) bond motifs is 3. The predicted molar refractivity (Wildman–Crippen MR) is 92.1 cm³/mol. The van der Waals surface area contributed by atoms with Crippen LogP contribution >= 0.6 is 0 Å². The van der Waals surface area contributed by atoms with Gasteiger partial charge in [0.25, 0.3) is 0 Å². The second-order valence-corrected chi connectivity index (χ2v) is 5.82. The lowest BCUT2D eigenvalue weighted by Crippen LogP contribution is -2.39. The molecule has 2 aromatic heterocycles. The van der Waals surface area contributed by atoms with Crippen molar-refractivity contribution >= 4 is 27.6 Å². The fraction of sp³-hybridized carbons (Fsp3) is 0.100. The van der Waals surface area contributed by atoms with Gasteiger partial charge in [0.2, 0.25) is 12.2 Å². The Balaban J connectivity index is 2.10. The molecule has 0 bridgehead atoms. The number of carbonyl (C=O) groups excluding carboxylic acids is 1. The van der Waals surface area contributed by atoms with Gasteiger partial charge in [-0.1, -0.05) is 36.4 Å². The van der Waals surface area contributed by atoms with Crippen LogP contribution < -0.4 is 4.57 Å². The van der Waals surface area contributed by atoms with Crippen LogP contribution in [0.25, 0.3) is 33.1 Å². The van der Waals surface area contributed by atoms with Gasteiger partial charge in [0, 0.05) is 34.8 Å². The summed E-state index contributed by atoms with van der Waals surface area (Å²) in [7, 11) is 0. The van der Waals surface area contributed by atoms with Gasteiger partial charge in [0.15, 0.2) is 12.0 Å². The summed E-state index contributed by atoms with van der Waals surface area (Å²) in [4.78, 5) is 15.2. The highest BCUT2D eigenvalue weighted by Gasteiger charge is 2.21. The number of hydrogen-bond acceptors (Lipinski definition) is 1. The van der Waals surface area contributed by atoms with Crippen LogP contribution in [0, 0.1) is 0 Å². The van der Waals surface area contributed by atoms with Gasteiger partial charge in [0.1, 0.15) is 5.52 Å². The summed E-state index contributed by atoms with van der Waals surface area (Å²) in [5.41, 5.74) is 4.34. The molecule has 0 amide bonds. The first-order valence-corrected chi connectivity index (χ1v) is 7.72. The highest BCUT2D eigenvalue weighted by molar-refractivity contribution is 6.10. The third-order valence-electron chi connectivity index (χ3n) is 4.13. The molecule has 3 nitrogen and oxygen atoms in total. The van der Waals surface area contributed by atoms with Gasteiger partial charge in [-0.15, -0.1) is 0 Å². The molecule has 2 heterocycles. The van der Waals surface area contributed by atoms with E-state index in [0.717, 1.165) is 22.3 Å². The molecule has 1 N–H and O–H groups in total. The SMILES string of the molecule is CC(=O)C[n+]1ccc2c([nH]c3ccccc32)c1-c1ccccc1. The number of benzene rings is 2. The summed E-state index contributed by atoms with van der Waals surface area (Å²) in [6, 6.07) is 20.6. The van der Waals surface area contributed by atoms with Crippen molar-refractivity contribution in [1.82, 2.24) is 4.98 Å². The first-order valence-electron chi connectivity index (χ1n) is 7.72. The minimum atomic E-state index is 0.141. The third kappa shape index (κ3) is 2.30. The molecule has 3 heteroatoms. The number of ketones is 1. The maximum absolute atomic E-state index is 11.7. The van der Waals surface area contributed by atoms with Crippen LogP contribution in [0.1, 0.15) is 6.92 Å². The highest BCUT2D eigenvalue weighted by atomic mass is 16.1. The van der Waals surface area contributed by atoms with Crippen molar-refractivity contribution in [3.63, 3.8) is 0 Å². The summed E-state index contributed by atoms with van der Waals surface area (Å²) in [6.45, 7) is 1.99. The molecule has 0 aliphatic heterocycles. The summed E-state index contributed by atoms with van der Waals surface area (Å²) in [6.07, 6.45) is 2.01. The Morgan fingerprint density at radius 1 is 0.957 bits per heavy atom. The van der Waals surface area contributed by atoms with Gasteiger partial charge >= 0.3 is 0 Å². The largest absolute Gasteiger partial charge is 0.349 e. The Hall–Kier alpha value is -2.94. The summed E-state index contributed by atoms with van der Waals surface area (Å²) in [5, 5.41) is 2.38. The Morgan fingerprint density at radius 3 is 2.48 bits per heavy atom. The number of aromatic amines is 1. The van der Waals surface area contributed by atoms with Crippen molar-refractivity contribution in [2.24, 2.45) is 0 Å². The van der Waals surface area contributed by atoms with E-state index in [9.17, 15) is 4.79 Å². The Bertz CT molecular complexity index is 1020. The number of nitrogens with zero attached hydrogens (tertiary/aromatic N) is 1. The zero-order valence-electron chi connectivity index (χ0n) is 12.9. The van der Waals surface area contributed by atoms with Crippen molar-refractivity contribution in [2.45, 2.75) is 13.5 Å². The summed E-state index contributed by atoms with van der Waals surface area (Å²) < 4.78 is 2.02. The van der Waals surface area contributed by atoms with E-state index >= 15 is 0 Å². The molecule has 0 unspecified atom stereocenters. The molecular formula is C20H17N2O+. The van der Waals surface area contributed by atoms with Crippen LogP contribution in [0.3, 0.4) is 0 Å². The molecule has 0 aliphatic rings. The molecule has 0 fully saturated rings. The standard InChI is InChI=1S/C20H16N2O/c1-14(23)13-22-12-11-17-16-9-5-6-10-18(16)21-19(17)20(22)15-7-3-2-4-8-15/h2-12H,13H2,1H3/p+1. The molecule has 0 radical (unpaired) electrons. The van der Waals surface area contributed by atoms with Gasteiger partial charge in [-0.25, -0.2) is 0 Å². The molecule has 0 spiro atoms. The number of para-hydroxylation sites is 1. The van der Waals surface area contributed by atoms with E-state index in [1.54, 1.807) is 6.92 Å². The van der Waals surface area contributed by atoms with Gasteiger partial charge in [-0.2, -0.15) is 4.57 Å². The van der Waals surface area contributed by atoms with E-state index < -0.39 is 0 Å². The highest BCUT2D eigenvalue weighted by Crippen LogP contribution is 2.30. The molecule has 4 aromatic rings. The lowest BCUT2D eigenvalue weighted by Gasteiger charge is -2.04. The van der Waals surface area contributed by atoms with Crippen LogP contribution in [-0.2, 0) is 11.3 Å². The van der Waals surface area contributed by atoms with Crippen LogP contribution in [0.5, 0.6) is 0 Å². The first kappa shape index (κ1) is 13.7. The fourth-order valence-corrected chi connectivity index (χ4v) is 3.18. The second-order valence-electron chi connectivity index (χ2n) is 5.82. The summed E-state index contributed by atoms with van der Waals surface area (Å²) in [5.74, 6) is 0.141. The van der Waals surface area contributed by atoms with Crippen LogP contribution in [0.2, 0.25) is 0 Å². The minimum absolute atomic E-state index is 0.141. The number of nitrogens with one attached hydrogen (secondary N) is 1. The van der Waals surface area contributed by atoms with Crippen LogP contribution in [-0.4, -0.2) is 10.8 Å². The molecular weight excluding hydrogens is 284 g/mol. The van der Waals surface area contributed by atoms with E-state index in [1.165, 1.54) is 10.8 Å². The predicted octanol–water partition coefficient (Wildman–Crippen LogP) is 3.86. The molecule has 23 heavy (non-hydrogen) atoms. The van der Waals surface area contributed by atoms with Crippen LogP contribution in [0.15, 0.2) is 66.9 Å². The van der Waals surface area contributed by atoms with Gasteiger partial charge in [0.05, 0.1) is 0 Å². The van der Waals surface area contributed by atoms with Gasteiger partial charge in [-0.3, -0.25) is 4.79 Å². The van der Waals surface area contributed by atoms with E-state index in [2.05, 4.69) is 41.4 Å². The molecule has 112 valence electrons. The number of carbonyl (C=O) groups is 1. The number of pyridine rings is 1. The third-order valence-corrected chi connectivity index (χ3v) is 4.13. The number of Topliss-reactive ketones (excluding diaryl/α,β-unsaturated/α-hetero) is 1. The monoisotopic (exact) mass is 301 g/mol. The topological polar surface area (TPSA) is 36.7 Å². The van der Waals surface area contributed by atoms with E-state index in [1.807, 2.05) is 35.0 Å². The van der Waals surface area contributed by atoms with Crippen molar-refractivity contribution < 1.29 is 9.36 Å². The zero-order chi connectivity index (χ0) is 15.8. The molecule has 0 saturated carbocycles. The smallest absolute Gasteiger partial charge is 0.237 e. The van der Waals surface area contributed by atoms with E-state index in [0.29, 0.717) is 6.54 Å². The van der Waals surface area contributed by atoms with Gasteiger partial charge in [-0.05, 0) is 18.2 Å². The van der Waals surface area contributed by atoms with Crippen molar-refractivity contribution in [1.29, 1.82) is 0 Å². The molecule has 0 atom stereocenters. The second kappa shape index (κ2) is 5.36. The van der Waals surface area contributed by atoms with Crippen LogP contribution in [0.4, 0.5) is 0 Å². The fourth-order valence-electron chi connectivity index (χ4n) is 3.18. The minimum Gasteiger partial charge on any atom is -0.349 e. The molecule has 0 aliphatic carbocycles. The number of hydrogen-bond donors (Lipinski definition) is 1. The zero-order valence-corrected chi connectivity index (χ0v) is 12.9. The average Bonchev–Trinajstić information content (AvgIpc) is 2.93. The maximum Gasteiger partial charge on any atom is 0.237 e. The normalized spacial score (nSPS) is 11.2. The number of H-pyrrole nitrogens is 1. The molecule has 0 saturated heterocycles. The van der Waals surface area contributed by atoms with Gasteiger partial charge < -0.3 is 4.98 Å². The number of aromatic nitrogens is 2. The number of rotatable bonds is 3. The Labute approximate surface area is 134 Å².